The van der Waals surface area contributed by atoms with Crippen molar-refractivity contribution in [2.75, 3.05) is 32.7 Å². The van der Waals surface area contributed by atoms with Gasteiger partial charge >= 0.3 is 0 Å². The third kappa shape index (κ3) is 3.59. The van der Waals surface area contributed by atoms with E-state index in [2.05, 4.69) is 5.16 Å². The summed E-state index contributed by atoms with van der Waals surface area (Å²) in [6.45, 7) is 3.10. The molecule has 104 valence electrons. The van der Waals surface area contributed by atoms with Crippen LogP contribution in [0.4, 0.5) is 0 Å². The van der Waals surface area contributed by atoms with E-state index in [-0.39, 0.29) is 11.7 Å². The van der Waals surface area contributed by atoms with Crippen molar-refractivity contribution in [3.05, 3.63) is 21.3 Å². The predicted molar refractivity (Wildman–Crippen MR) is 75.1 cm³/mol. The van der Waals surface area contributed by atoms with E-state index in [0.717, 1.165) is 0 Å². The molecule has 1 amide bonds. The Morgan fingerprint density at radius 1 is 1.42 bits per heavy atom. The lowest BCUT2D eigenvalue weighted by Gasteiger charge is -2.34. The highest BCUT2D eigenvalue weighted by molar-refractivity contribution is 7.17. The highest BCUT2D eigenvalue weighted by Crippen LogP contribution is 2.23. The first kappa shape index (κ1) is 14.1. The number of hydrogen-bond acceptors (Lipinski definition) is 5. The summed E-state index contributed by atoms with van der Waals surface area (Å²) in [4.78, 5) is 16.7. The van der Waals surface area contributed by atoms with Crippen molar-refractivity contribution in [3.8, 4) is 0 Å². The number of rotatable bonds is 3. The molecule has 3 N–H and O–H groups in total. The summed E-state index contributed by atoms with van der Waals surface area (Å²) < 4.78 is 0.619. The van der Waals surface area contributed by atoms with Gasteiger partial charge in [0.2, 0.25) is 0 Å². The Bertz CT molecular complexity index is 483. The zero-order chi connectivity index (χ0) is 13.8. The molecular weight excluding hydrogens is 288 g/mol. The lowest BCUT2D eigenvalue weighted by molar-refractivity contribution is 0.0658. The summed E-state index contributed by atoms with van der Waals surface area (Å²) in [5.74, 6) is 0.199. The molecular formula is C11H15ClN4O2S. The minimum absolute atomic E-state index is 0.0142. The Kier molecular flexibility index (Phi) is 4.62. The molecule has 8 heteroatoms. The molecule has 1 saturated heterocycles. The molecule has 1 aromatic rings. The summed E-state index contributed by atoms with van der Waals surface area (Å²) in [5, 5.41) is 11.5. The molecule has 0 radical (unpaired) electrons. The first-order valence-electron chi connectivity index (χ1n) is 5.83. The van der Waals surface area contributed by atoms with Crippen molar-refractivity contribution in [1.29, 1.82) is 0 Å². The van der Waals surface area contributed by atoms with Crippen LogP contribution in [0.5, 0.6) is 0 Å². The van der Waals surface area contributed by atoms with Crippen LogP contribution >= 0.6 is 22.9 Å². The van der Waals surface area contributed by atoms with Gasteiger partial charge in [0.05, 0.1) is 15.8 Å². The molecule has 0 aliphatic carbocycles. The van der Waals surface area contributed by atoms with Crippen LogP contribution in [0, 0.1) is 0 Å². The van der Waals surface area contributed by atoms with Crippen LogP contribution in [-0.2, 0) is 0 Å². The number of amides is 1. The van der Waals surface area contributed by atoms with Gasteiger partial charge < -0.3 is 15.8 Å². The van der Waals surface area contributed by atoms with E-state index in [1.807, 2.05) is 4.90 Å². The highest BCUT2D eigenvalue weighted by Gasteiger charge is 2.23. The zero-order valence-corrected chi connectivity index (χ0v) is 11.8. The van der Waals surface area contributed by atoms with Crippen molar-refractivity contribution < 1.29 is 10.0 Å². The third-order valence-electron chi connectivity index (χ3n) is 2.96. The predicted octanol–water partition coefficient (Wildman–Crippen LogP) is 0.906. The number of nitrogens with zero attached hydrogens (tertiary/aromatic N) is 3. The molecule has 0 spiro atoms. The zero-order valence-electron chi connectivity index (χ0n) is 10.3. The van der Waals surface area contributed by atoms with E-state index in [1.165, 1.54) is 11.3 Å². The minimum Gasteiger partial charge on any atom is -0.409 e. The standard InChI is InChI=1S/C11H15ClN4O2S/c12-9-2-1-8(19-9)11(17)16-5-3-15(4-6-16)7-10(13)14-18/h1-2,18H,3-7H2,(H2,13,14). The van der Waals surface area contributed by atoms with Crippen molar-refractivity contribution in [2.45, 2.75) is 0 Å². The van der Waals surface area contributed by atoms with Gasteiger partial charge in [0, 0.05) is 26.2 Å². The summed E-state index contributed by atoms with van der Waals surface area (Å²) in [7, 11) is 0. The molecule has 6 nitrogen and oxygen atoms in total. The van der Waals surface area contributed by atoms with E-state index in [9.17, 15) is 4.79 Å². The number of carbonyl (C=O) groups excluding carboxylic acids is 1. The average molecular weight is 303 g/mol. The van der Waals surface area contributed by atoms with Crippen LogP contribution in [-0.4, -0.2) is 59.5 Å². The van der Waals surface area contributed by atoms with Crippen molar-refractivity contribution in [2.24, 2.45) is 10.9 Å². The highest BCUT2D eigenvalue weighted by atomic mass is 35.5. The number of amidine groups is 1. The molecule has 0 saturated carbocycles. The van der Waals surface area contributed by atoms with Crippen molar-refractivity contribution in [1.82, 2.24) is 9.80 Å². The lowest BCUT2D eigenvalue weighted by atomic mass is 10.3. The maximum absolute atomic E-state index is 12.2. The largest absolute Gasteiger partial charge is 0.409 e. The SMILES string of the molecule is NC(CN1CCN(C(=O)c2ccc(Cl)s2)CC1)=NO. The third-order valence-corrected chi connectivity index (χ3v) is 4.18. The van der Waals surface area contributed by atoms with Crippen LogP contribution in [0.1, 0.15) is 9.67 Å². The second-order valence-electron chi connectivity index (χ2n) is 4.26. The summed E-state index contributed by atoms with van der Waals surface area (Å²) in [6.07, 6.45) is 0. The van der Waals surface area contributed by atoms with Gasteiger partial charge in [-0.05, 0) is 12.1 Å². The molecule has 1 fully saturated rings. The first-order chi connectivity index (χ1) is 9.10. The van der Waals surface area contributed by atoms with Gasteiger partial charge in [-0.15, -0.1) is 11.3 Å². The number of hydrogen-bond donors (Lipinski definition) is 2. The van der Waals surface area contributed by atoms with Gasteiger partial charge in [-0.3, -0.25) is 9.69 Å². The van der Waals surface area contributed by atoms with Gasteiger partial charge in [-0.2, -0.15) is 0 Å². The van der Waals surface area contributed by atoms with E-state index in [1.54, 1.807) is 17.0 Å². The maximum Gasteiger partial charge on any atom is 0.264 e. The van der Waals surface area contributed by atoms with Crippen molar-refractivity contribution >= 4 is 34.7 Å². The molecule has 2 rings (SSSR count). The van der Waals surface area contributed by atoms with E-state index >= 15 is 0 Å². The normalized spacial score (nSPS) is 17.7. The second kappa shape index (κ2) is 6.23. The summed E-state index contributed by atoms with van der Waals surface area (Å²) in [6, 6.07) is 3.48. The van der Waals surface area contributed by atoms with Crippen LogP contribution in [0.15, 0.2) is 17.3 Å². The number of piperazine rings is 1. The monoisotopic (exact) mass is 302 g/mol. The minimum atomic E-state index is 0.0142. The van der Waals surface area contributed by atoms with Gasteiger partial charge in [0.25, 0.3) is 5.91 Å². The van der Waals surface area contributed by atoms with E-state index < -0.39 is 0 Å². The van der Waals surface area contributed by atoms with E-state index in [0.29, 0.717) is 41.9 Å². The fourth-order valence-corrected chi connectivity index (χ4v) is 2.97. The van der Waals surface area contributed by atoms with Crippen molar-refractivity contribution in [3.63, 3.8) is 0 Å². The Hall–Kier alpha value is -1.31. The number of oxime groups is 1. The second-order valence-corrected chi connectivity index (χ2v) is 5.98. The molecule has 0 unspecified atom stereocenters. The summed E-state index contributed by atoms with van der Waals surface area (Å²) >= 11 is 7.12. The number of halogens is 1. The number of thiophene rings is 1. The van der Waals surface area contributed by atoms with Gasteiger partial charge in [0.1, 0.15) is 0 Å². The van der Waals surface area contributed by atoms with Crippen LogP contribution in [0.2, 0.25) is 4.34 Å². The Morgan fingerprint density at radius 3 is 2.63 bits per heavy atom. The fourth-order valence-electron chi connectivity index (χ4n) is 1.95. The lowest BCUT2D eigenvalue weighted by Crippen LogP contribution is -2.50. The van der Waals surface area contributed by atoms with Gasteiger partial charge in [-0.25, -0.2) is 0 Å². The Morgan fingerprint density at radius 2 is 2.11 bits per heavy atom. The van der Waals surface area contributed by atoms with Gasteiger partial charge in [-0.1, -0.05) is 16.8 Å². The average Bonchev–Trinajstić information content (AvgIpc) is 2.85. The molecule has 1 aliphatic heterocycles. The summed E-state index contributed by atoms with van der Waals surface area (Å²) in [5.41, 5.74) is 5.46. The molecule has 0 bridgehead atoms. The van der Waals surface area contributed by atoms with Crippen LogP contribution in [0.3, 0.4) is 0 Å². The van der Waals surface area contributed by atoms with E-state index in [4.69, 9.17) is 22.5 Å². The molecule has 1 aromatic heterocycles. The Labute approximate surface area is 120 Å². The smallest absolute Gasteiger partial charge is 0.264 e. The molecule has 0 atom stereocenters. The maximum atomic E-state index is 12.2. The number of nitrogens with two attached hydrogens (primary N) is 1. The Balaban J connectivity index is 1.88. The van der Waals surface area contributed by atoms with Crippen LogP contribution in [0.25, 0.3) is 0 Å². The first-order valence-corrected chi connectivity index (χ1v) is 7.03. The molecule has 19 heavy (non-hydrogen) atoms. The molecule has 1 aliphatic rings. The fraction of sp³-hybridized carbons (Fsp3) is 0.455. The molecule has 0 aromatic carbocycles. The van der Waals surface area contributed by atoms with Crippen LogP contribution < -0.4 is 5.73 Å². The quantitative estimate of drug-likeness (QED) is 0.376. The topological polar surface area (TPSA) is 82.2 Å². The van der Waals surface area contributed by atoms with Gasteiger partial charge in [0.15, 0.2) is 5.84 Å². The molecule has 2 heterocycles. The number of carbonyl (C=O) groups is 1.